The molecule has 2 atom stereocenters. The number of halogens is 2. The first-order chi connectivity index (χ1) is 8.68. The van der Waals surface area contributed by atoms with Gasteiger partial charge in [-0.15, -0.1) is 0 Å². The molecule has 0 aliphatic rings. The molecule has 0 saturated heterocycles. The average Bonchev–Trinajstić information content (AvgIpc) is 2.32. The lowest BCUT2D eigenvalue weighted by Crippen LogP contribution is -2.35. The van der Waals surface area contributed by atoms with E-state index >= 15 is 0 Å². The van der Waals surface area contributed by atoms with E-state index in [1.165, 1.54) is 12.1 Å². The lowest BCUT2D eigenvalue weighted by molar-refractivity contribution is 0.422. The van der Waals surface area contributed by atoms with Crippen LogP contribution in [-0.2, 0) is 11.0 Å². The van der Waals surface area contributed by atoms with Crippen molar-refractivity contribution in [1.29, 1.82) is 0 Å². The highest BCUT2D eigenvalue weighted by Gasteiger charge is 2.25. The zero-order valence-corrected chi connectivity index (χ0v) is 13.0. The van der Waals surface area contributed by atoms with Gasteiger partial charge in [-0.1, -0.05) is 24.6 Å². The van der Waals surface area contributed by atoms with Gasteiger partial charge in [0.2, 0.25) is 0 Å². The van der Waals surface area contributed by atoms with Gasteiger partial charge in [0.15, 0.2) is 11.6 Å². The van der Waals surface area contributed by atoms with Crippen LogP contribution in [0.2, 0.25) is 5.02 Å². The molecule has 2 N–H and O–H groups in total. The second-order valence-corrected chi connectivity index (χ2v) is 7.66. The van der Waals surface area contributed by atoms with E-state index in [0.29, 0.717) is 6.42 Å². The summed E-state index contributed by atoms with van der Waals surface area (Å²) in [5.74, 6) is -1.33. The highest BCUT2D eigenvalue weighted by molar-refractivity contribution is 7.84. The predicted octanol–water partition coefficient (Wildman–Crippen LogP) is 3.69. The summed E-state index contributed by atoms with van der Waals surface area (Å²) in [6.45, 7) is 7.35. The van der Waals surface area contributed by atoms with Gasteiger partial charge in [-0.05, 0) is 33.3 Å². The minimum absolute atomic E-state index is 0.0342. The molecule has 0 amide bonds. The van der Waals surface area contributed by atoms with Crippen LogP contribution in [0.5, 0.6) is 5.75 Å². The first-order valence-corrected chi connectivity index (χ1v) is 7.56. The fourth-order valence-corrected chi connectivity index (χ4v) is 2.55. The summed E-state index contributed by atoms with van der Waals surface area (Å²) in [4.78, 5) is 0. The molecule has 1 rings (SSSR count). The van der Waals surface area contributed by atoms with Gasteiger partial charge in [-0.3, -0.25) is 0 Å². The van der Waals surface area contributed by atoms with Crippen molar-refractivity contribution in [2.75, 3.05) is 0 Å². The summed E-state index contributed by atoms with van der Waals surface area (Å²) in [6, 6.07) is 2.49. The molecule has 19 heavy (non-hydrogen) atoms. The molecule has 0 spiro atoms. The van der Waals surface area contributed by atoms with Crippen LogP contribution in [-0.4, -0.2) is 14.1 Å². The Morgan fingerprint density at radius 3 is 2.53 bits per heavy atom. The average molecular weight is 308 g/mol. The van der Waals surface area contributed by atoms with E-state index in [1.54, 1.807) is 0 Å². The molecule has 0 heterocycles. The first kappa shape index (κ1) is 16.4. The van der Waals surface area contributed by atoms with Crippen LogP contribution >= 0.6 is 11.6 Å². The molecule has 0 aliphatic heterocycles. The summed E-state index contributed by atoms with van der Waals surface area (Å²) in [5.41, 5.74) is 0.266. The maximum Gasteiger partial charge on any atom is 0.171 e. The van der Waals surface area contributed by atoms with Crippen LogP contribution in [0.4, 0.5) is 4.39 Å². The minimum Gasteiger partial charge on any atom is -0.504 e. The van der Waals surface area contributed by atoms with E-state index in [4.69, 9.17) is 11.6 Å². The second kappa shape index (κ2) is 6.20. The first-order valence-electron chi connectivity index (χ1n) is 6.03. The molecule has 0 saturated carbocycles. The van der Waals surface area contributed by atoms with Crippen molar-refractivity contribution in [2.45, 2.75) is 44.9 Å². The molecule has 1 aromatic rings. The van der Waals surface area contributed by atoms with E-state index in [2.05, 4.69) is 4.72 Å². The Labute approximate surface area is 120 Å². The number of hydrogen-bond acceptors (Lipinski definition) is 2. The lowest BCUT2D eigenvalue weighted by Gasteiger charge is -2.24. The molecule has 0 fully saturated rings. The molecule has 108 valence electrons. The summed E-state index contributed by atoms with van der Waals surface area (Å²) in [5, 5.41) is 9.48. The van der Waals surface area contributed by atoms with Crippen molar-refractivity contribution in [2.24, 2.45) is 0 Å². The Kier molecular flexibility index (Phi) is 5.35. The molecular formula is C13H19ClFNO2S. The molecule has 0 bridgehead atoms. The normalized spacial score (nSPS) is 15.3. The van der Waals surface area contributed by atoms with Crippen LogP contribution in [0.3, 0.4) is 0 Å². The van der Waals surface area contributed by atoms with Gasteiger partial charge in [0, 0.05) is 11.6 Å². The van der Waals surface area contributed by atoms with Gasteiger partial charge < -0.3 is 5.11 Å². The quantitative estimate of drug-likeness (QED) is 0.891. The maximum absolute atomic E-state index is 14.0. The lowest BCUT2D eigenvalue weighted by atomic mass is 10.0. The number of phenols is 1. The monoisotopic (exact) mass is 307 g/mol. The molecule has 0 aromatic heterocycles. The molecule has 0 radical (unpaired) electrons. The molecule has 0 aliphatic carbocycles. The van der Waals surface area contributed by atoms with E-state index in [-0.39, 0.29) is 10.6 Å². The van der Waals surface area contributed by atoms with Crippen LogP contribution in [0, 0.1) is 5.82 Å². The van der Waals surface area contributed by atoms with Crippen molar-refractivity contribution in [3.8, 4) is 5.75 Å². The molecule has 0 unspecified atom stereocenters. The van der Waals surface area contributed by atoms with Gasteiger partial charge >= 0.3 is 0 Å². The highest BCUT2D eigenvalue weighted by Crippen LogP contribution is 2.32. The number of benzene rings is 1. The van der Waals surface area contributed by atoms with Gasteiger partial charge in [0.25, 0.3) is 0 Å². The summed E-state index contributed by atoms with van der Waals surface area (Å²) in [7, 11) is -1.32. The Morgan fingerprint density at radius 1 is 1.47 bits per heavy atom. The zero-order valence-electron chi connectivity index (χ0n) is 11.5. The van der Waals surface area contributed by atoms with Crippen molar-refractivity contribution in [1.82, 2.24) is 4.72 Å². The fourth-order valence-electron chi connectivity index (χ4n) is 1.50. The number of hydrogen-bond donors (Lipinski definition) is 2. The smallest absolute Gasteiger partial charge is 0.171 e. The van der Waals surface area contributed by atoms with Gasteiger partial charge in [0.05, 0.1) is 20.8 Å². The summed E-state index contributed by atoms with van der Waals surface area (Å²) >= 11 is 5.64. The Bertz CT molecular complexity index is 488. The number of rotatable bonds is 4. The summed E-state index contributed by atoms with van der Waals surface area (Å²) in [6.07, 6.45) is 0.541. The number of nitrogens with one attached hydrogen (secondary N) is 1. The van der Waals surface area contributed by atoms with Gasteiger partial charge in [-0.2, -0.15) is 0 Å². The topological polar surface area (TPSA) is 49.3 Å². The van der Waals surface area contributed by atoms with E-state index in [9.17, 15) is 13.7 Å². The number of phenolic OH excluding ortho intramolecular Hbond substituents is 1. The van der Waals surface area contributed by atoms with Crippen LogP contribution < -0.4 is 4.72 Å². The molecule has 1 aromatic carbocycles. The largest absolute Gasteiger partial charge is 0.504 e. The third-order valence-corrected chi connectivity index (χ3v) is 4.60. The minimum atomic E-state index is -1.32. The van der Waals surface area contributed by atoms with Crippen LogP contribution in [0.15, 0.2) is 12.1 Å². The van der Waals surface area contributed by atoms with Gasteiger partial charge in [-0.25, -0.2) is 13.3 Å². The Hall–Kier alpha value is -0.650. The second-order valence-electron chi connectivity index (χ2n) is 5.26. The predicted molar refractivity (Wildman–Crippen MR) is 77.1 cm³/mol. The van der Waals surface area contributed by atoms with E-state index in [1.807, 2.05) is 27.7 Å². The zero-order chi connectivity index (χ0) is 14.8. The fraction of sp³-hybridized carbons (Fsp3) is 0.538. The molecule has 6 heteroatoms. The van der Waals surface area contributed by atoms with E-state index in [0.717, 1.165) is 0 Å². The third-order valence-electron chi connectivity index (χ3n) is 2.69. The van der Waals surface area contributed by atoms with Crippen molar-refractivity contribution in [3.63, 3.8) is 0 Å². The Balaban J connectivity index is 3.05. The Morgan fingerprint density at radius 2 is 2.05 bits per heavy atom. The van der Waals surface area contributed by atoms with Crippen molar-refractivity contribution in [3.05, 3.63) is 28.5 Å². The van der Waals surface area contributed by atoms with Gasteiger partial charge in [0.1, 0.15) is 0 Å². The number of aromatic hydroxyl groups is 1. The van der Waals surface area contributed by atoms with Crippen LogP contribution in [0.25, 0.3) is 0 Å². The molecule has 3 nitrogen and oxygen atoms in total. The SMILES string of the molecule is CC[C@H](N[S@@](=O)C(C)(C)C)c1ccc(Cl)c(O)c1F. The highest BCUT2D eigenvalue weighted by atomic mass is 35.5. The van der Waals surface area contributed by atoms with E-state index < -0.39 is 33.3 Å². The van der Waals surface area contributed by atoms with Crippen LogP contribution in [0.1, 0.15) is 45.7 Å². The van der Waals surface area contributed by atoms with Crippen molar-refractivity contribution >= 4 is 22.6 Å². The standard InChI is InChI=1S/C13H19ClFNO2S/c1-5-10(16-19(18)13(2,3)4)8-6-7-9(14)12(17)11(8)15/h6-7,10,16-17H,5H2,1-4H3/t10-,19-/m0/s1. The summed E-state index contributed by atoms with van der Waals surface area (Å²) < 4.78 is 28.5. The van der Waals surface area contributed by atoms with Crippen molar-refractivity contribution < 1.29 is 13.7 Å². The molecular weight excluding hydrogens is 289 g/mol. The maximum atomic E-state index is 14.0. The third kappa shape index (κ3) is 3.91.